The molecule has 2 heterocycles. The Hall–Kier alpha value is -7.25. The number of amides is 2. The second-order valence-corrected chi connectivity index (χ2v) is 18.6. The SMILES string of the molecule is O=C(OCCc1cc(Cl)c(F)c(-c2ccc(C(CC3CC3)C(=O)Nc3ccc(C(=O)O)c(F)c3)[n+](O)c2)c1C(F)F)c1ccc(NC(=O)C(CC2CC2)c2ccc(-c3c(C(F)F)ccc(Cl)c3F)c[n+]2[O-])cc1. The van der Waals surface area contributed by atoms with Crippen molar-refractivity contribution in [2.75, 3.05) is 17.2 Å². The van der Waals surface area contributed by atoms with E-state index in [1.807, 2.05) is 0 Å². The van der Waals surface area contributed by atoms with Crippen molar-refractivity contribution >= 4 is 58.3 Å². The highest BCUT2D eigenvalue weighted by Gasteiger charge is 2.38. The van der Waals surface area contributed by atoms with Crippen LogP contribution < -0.4 is 20.1 Å². The number of hydrogen-bond acceptors (Lipinski definition) is 7. The molecule has 4 aromatic carbocycles. The first-order valence-electron chi connectivity index (χ1n) is 22.7. The van der Waals surface area contributed by atoms with Gasteiger partial charge in [-0.15, -0.1) is 0 Å². The zero-order chi connectivity index (χ0) is 52.4. The molecule has 0 saturated heterocycles. The highest BCUT2D eigenvalue weighted by molar-refractivity contribution is 6.31. The second-order valence-electron chi connectivity index (χ2n) is 17.8. The number of aromatic carboxylic acids is 1. The first-order valence-corrected chi connectivity index (χ1v) is 23.5. The Morgan fingerprint density at radius 1 is 0.699 bits per heavy atom. The third kappa shape index (κ3) is 11.8. The molecule has 21 heteroatoms. The Morgan fingerprint density at radius 2 is 1.27 bits per heavy atom. The molecular formula is C52H42Cl2F7N4O8+. The van der Waals surface area contributed by atoms with E-state index in [-0.39, 0.29) is 76.1 Å². The summed E-state index contributed by atoms with van der Waals surface area (Å²) in [5.74, 6) is -8.99. The maximum absolute atomic E-state index is 15.8. The van der Waals surface area contributed by atoms with Gasteiger partial charge in [-0.1, -0.05) is 55.0 Å². The Balaban J connectivity index is 0.940. The van der Waals surface area contributed by atoms with Gasteiger partial charge in [-0.3, -0.25) is 14.8 Å². The van der Waals surface area contributed by atoms with Gasteiger partial charge in [0, 0.05) is 56.9 Å². The average molecular weight is 1050 g/mol. The lowest BCUT2D eigenvalue weighted by Gasteiger charge is -2.18. The third-order valence-corrected chi connectivity index (χ3v) is 13.3. The molecule has 380 valence electrons. The summed E-state index contributed by atoms with van der Waals surface area (Å²) < 4.78 is 109. The van der Waals surface area contributed by atoms with Crippen molar-refractivity contribution in [1.82, 2.24) is 0 Å². The number of carboxylic acids is 1. The van der Waals surface area contributed by atoms with E-state index < -0.39 is 110 Å². The van der Waals surface area contributed by atoms with Crippen LogP contribution in [0.25, 0.3) is 22.3 Å². The normalized spacial score (nSPS) is 14.2. The lowest BCUT2D eigenvalue weighted by molar-refractivity contribution is -0.909. The van der Waals surface area contributed by atoms with Crippen molar-refractivity contribution in [3.05, 3.63) is 169 Å². The van der Waals surface area contributed by atoms with Crippen LogP contribution in [0.1, 0.15) is 112 Å². The lowest BCUT2D eigenvalue weighted by Crippen LogP contribution is -2.40. The Labute approximate surface area is 421 Å². The van der Waals surface area contributed by atoms with Crippen LogP contribution >= 0.6 is 23.2 Å². The van der Waals surface area contributed by atoms with Crippen LogP contribution in [0.3, 0.4) is 0 Å². The number of rotatable bonds is 19. The van der Waals surface area contributed by atoms with E-state index in [2.05, 4.69) is 10.6 Å². The number of hydrogen-bond donors (Lipinski definition) is 4. The topological polar surface area (TPSA) is 173 Å². The quantitative estimate of drug-likeness (QED) is 0.0204. The molecule has 2 aliphatic carbocycles. The minimum absolute atomic E-state index is 0.00615. The summed E-state index contributed by atoms with van der Waals surface area (Å²) in [5.41, 5.74) is -3.77. The van der Waals surface area contributed by atoms with E-state index in [9.17, 15) is 55.9 Å². The van der Waals surface area contributed by atoms with Crippen LogP contribution in [0.4, 0.5) is 42.1 Å². The van der Waals surface area contributed by atoms with Gasteiger partial charge in [-0.05, 0) is 97.0 Å². The molecule has 2 saturated carbocycles. The number of pyridine rings is 2. The molecule has 0 bridgehead atoms. The number of carbonyl (C=O) groups is 4. The van der Waals surface area contributed by atoms with Gasteiger partial charge in [0.25, 0.3) is 12.9 Å². The predicted molar refractivity (Wildman–Crippen MR) is 251 cm³/mol. The van der Waals surface area contributed by atoms with Gasteiger partial charge < -0.3 is 25.7 Å². The second kappa shape index (κ2) is 21.8. The molecule has 2 aromatic heterocycles. The van der Waals surface area contributed by atoms with Crippen molar-refractivity contribution < 1.29 is 74.4 Å². The maximum Gasteiger partial charge on any atom is 0.338 e. The largest absolute Gasteiger partial charge is 0.618 e. The molecule has 8 rings (SSSR count). The van der Waals surface area contributed by atoms with Crippen LogP contribution in [0, 0.1) is 34.5 Å². The van der Waals surface area contributed by atoms with Crippen molar-refractivity contribution in [2.45, 2.75) is 69.6 Å². The zero-order valence-corrected chi connectivity index (χ0v) is 39.5. The van der Waals surface area contributed by atoms with E-state index in [0.717, 1.165) is 68.4 Å². The van der Waals surface area contributed by atoms with Gasteiger partial charge in [-0.25, -0.2) is 40.3 Å². The van der Waals surface area contributed by atoms with Gasteiger partial charge >= 0.3 is 11.9 Å². The highest BCUT2D eigenvalue weighted by atomic mass is 35.5. The number of benzene rings is 4. The molecule has 0 aliphatic heterocycles. The number of nitrogens with one attached hydrogen (secondary N) is 2. The summed E-state index contributed by atoms with van der Waals surface area (Å²) in [7, 11) is 0. The Morgan fingerprint density at radius 3 is 1.84 bits per heavy atom. The number of esters is 1. The first kappa shape index (κ1) is 52.1. The number of alkyl halides is 4. The molecule has 2 amide bonds. The van der Waals surface area contributed by atoms with Gasteiger partial charge in [0.2, 0.25) is 29.4 Å². The van der Waals surface area contributed by atoms with Crippen molar-refractivity contribution in [1.29, 1.82) is 0 Å². The number of anilines is 2. The molecule has 2 fully saturated rings. The van der Waals surface area contributed by atoms with Crippen LogP contribution in [0.2, 0.25) is 10.0 Å². The zero-order valence-electron chi connectivity index (χ0n) is 38.0. The van der Waals surface area contributed by atoms with Gasteiger partial charge in [0.15, 0.2) is 6.20 Å². The number of carbonyl (C=O) groups excluding carboxylic acids is 3. The predicted octanol–water partition coefficient (Wildman–Crippen LogP) is 11.9. The highest BCUT2D eigenvalue weighted by Crippen LogP contribution is 2.43. The van der Waals surface area contributed by atoms with E-state index >= 15 is 4.39 Å². The average Bonchev–Trinajstić information content (AvgIpc) is 4.29. The van der Waals surface area contributed by atoms with Crippen molar-refractivity contribution in [2.24, 2.45) is 11.8 Å². The van der Waals surface area contributed by atoms with Crippen LogP contribution in [-0.2, 0) is 20.7 Å². The molecule has 73 heavy (non-hydrogen) atoms. The molecule has 4 N–H and O–H groups in total. The van der Waals surface area contributed by atoms with E-state index in [0.29, 0.717) is 9.46 Å². The number of ether oxygens (including phenoxy) is 1. The maximum atomic E-state index is 15.8. The fraction of sp³-hybridized carbons (Fsp3) is 0.269. The molecule has 0 spiro atoms. The first-order chi connectivity index (χ1) is 34.8. The number of nitrogens with zero attached hydrogens (tertiary/aromatic N) is 2. The summed E-state index contributed by atoms with van der Waals surface area (Å²) >= 11 is 12.1. The van der Waals surface area contributed by atoms with Crippen LogP contribution in [0.5, 0.6) is 0 Å². The van der Waals surface area contributed by atoms with E-state index in [1.165, 1.54) is 54.6 Å². The molecule has 0 radical (unpaired) electrons. The van der Waals surface area contributed by atoms with Gasteiger partial charge in [-0.2, -0.15) is 4.73 Å². The molecule has 6 aromatic rings. The number of carboxylic acid groups (broad SMARTS) is 1. The molecule has 2 aliphatic rings. The third-order valence-electron chi connectivity index (χ3n) is 12.7. The molecular weight excluding hydrogens is 1010 g/mol. The summed E-state index contributed by atoms with van der Waals surface area (Å²) in [6, 6.07) is 16.3. The van der Waals surface area contributed by atoms with Gasteiger partial charge in [0.1, 0.15) is 29.3 Å². The lowest BCUT2D eigenvalue weighted by atomic mass is 9.92. The molecule has 2 atom stereocenters. The Bertz CT molecular complexity index is 3140. The van der Waals surface area contributed by atoms with Crippen LogP contribution in [0.15, 0.2) is 97.3 Å². The molecule has 2 unspecified atom stereocenters. The summed E-state index contributed by atoms with van der Waals surface area (Å²) in [6.45, 7) is -0.484. The minimum Gasteiger partial charge on any atom is -0.618 e. The summed E-state index contributed by atoms with van der Waals surface area (Å²) in [6.07, 6.45) is -1.20. The Kier molecular flexibility index (Phi) is 15.6. The smallest absolute Gasteiger partial charge is 0.338 e. The molecule has 12 nitrogen and oxygen atoms in total. The fourth-order valence-electron chi connectivity index (χ4n) is 8.66. The number of aromatic nitrogens is 2. The van der Waals surface area contributed by atoms with Gasteiger partial charge in [0.05, 0.1) is 38.9 Å². The summed E-state index contributed by atoms with van der Waals surface area (Å²) in [5, 5.41) is 37.9. The standard InChI is InChI=1S/C52H41Cl2F7N4O8/c53-37-14-13-34(47(58)59)42(45(37)56)29-7-15-40(64(71)23-29)35(19-25-1-2-25)49(66)62-31-9-5-27(6-10-31)52(70)73-18-17-28-21-38(54)46(57)43(44(28)48(60)61)30-8-16-41(65(72)24-30)36(20-26-3-4-26)50(67)63-32-11-12-33(51(68)69)39(55)22-32/h5-16,21-26,35-36,47-48H,1-4,17-20H2,(H3-,62,63,66,67,68,69,70,72)/p+1. The van der Waals surface area contributed by atoms with Crippen LogP contribution in [-0.4, -0.2) is 40.7 Å². The number of halogens is 9. The van der Waals surface area contributed by atoms with Crippen molar-refractivity contribution in [3.63, 3.8) is 0 Å². The minimum atomic E-state index is -3.30. The van der Waals surface area contributed by atoms with Crippen molar-refractivity contribution in [3.8, 4) is 22.3 Å². The fourth-order valence-corrected chi connectivity index (χ4v) is 9.04. The van der Waals surface area contributed by atoms with E-state index in [4.69, 9.17) is 33.0 Å². The summed E-state index contributed by atoms with van der Waals surface area (Å²) in [4.78, 5) is 51.6. The monoisotopic (exact) mass is 1050 g/mol. The van der Waals surface area contributed by atoms with E-state index in [1.54, 1.807) is 0 Å².